The van der Waals surface area contributed by atoms with Crippen LogP contribution in [0.3, 0.4) is 0 Å². The highest BCUT2D eigenvalue weighted by Crippen LogP contribution is 2.84. The van der Waals surface area contributed by atoms with Gasteiger partial charge in [0.15, 0.2) is 34.7 Å². The first kappa shape index (κ1) is 85.5. The number of carbonyl (C=O) groups excluding carboxylic acids is 7. The fourth-order valence-electron chi connectivity index (χ4n) is 33.6. The van der Waals surface area contributed by atoms with Crippen molar-refractivity contribution in [1.82, 2.24) is 0 Å². The SMILES string of the molecule is [C-]#[N+]C1=C[C@]2(C)C3=CC(=O)[C@]4(O)[C@@H]5CC(C)(C)CC[C@]5(C(=O)CCC)CC[C@@]4(C)[C@]3(C)CC[C@H]2C(C)(C)C1=O.[C-]#[N+]C1=C[C@]2(C)C3=CC(=O)[C@]45OC(C(C)C)[C@@]6(CCC(C)(C)C[C@H]64)CC[C@@]5(C)[C@]3(C)CC[C@H]2C(C)(C)C1=O.[C-]#[N+]C1=C[C@]2(C)C3=CC(=O)[C@]45OC(CCCC)[C@@]6(CCC(C)(C)C[C@H]64)CC[C@@]5(C)[C@]3(C)CC[C@H]2C(C)(C)C1=O. The lowest BCUT2D eigenvalue weighted by molar-refractivity contribution is -0.242. The van der Waals surface area contributed by atoms with E-state index in [9.17, 15) is 38.7 Å². The maximum absolute atomic E-state index is 14.9. The Kier molecular flexibility index (Phi) is 19.0. The minimum Gasteiger partial charge on any atom is -0.381 e. The minimum absolute atomic E-state index is 0.0349. The summed E-state index contributed by atoms with van der Waals surface area (Å²) in [6.07, 6.45) is 36.3. The molecule has 9 saturated carbocycles. The summed E-state index contributed by atoms with van der Waals surface area (Å²) >= 11 is 0. The van der Waals surface area contributed by atoms with Gasteiger partial charge in [-0.15, -0.1) is 0 Å². The number of allylic oxidation sites excluding steroid dienone is 9. The van der Waals surface area contributed by atoms with E-state index in [1.54, 1.807) is 6.08 Å². The fraction of sp³-hybridized carbons (Fsp3) is 0.786. The van der Waals surface area contributed by atoms with Gasteiger partial charge in [0.05, 0.1) is 31.9 Å². The average Bonchev–Trinajstić information content (AvgIpc) is 1.39. The van der Waals surface area contributed by atoms with Gasteiger partial charge in [0, 0.05) is 89.2 Å². The van der Waals surface area contributed by atoms with Crippen LogP contribution in [0.25, 0.3) is 14.5 Å². The maximum Gasteiger partial charge on any atom is 0.226 e. The monoisotopic (exact) mass is 1580 g/mol. The molecule has 2 spiro atoms. The highest BCUT2D eigenvalue weighted by molar-refractivity contribution is 6.07. The van der Waals surface area contributed by atoms with Gasteiger partial charge in [-0.2, -0.15) is 0 Å². The Bertz CT molecular complexity index is 4680. The van der Waals surface area contributed by atoms with Crippen LogP contribution in [0.2, 0.25) is 0 Å². The predicted molar refractivity (Wildman–Crippen MR) is 454 cm³/mol. The maximum atomic E-state index is 14.9. The molecule has 0 amide bonds. The van der Waals surface area contributed by atoms with Crippen molar-refractivity contribution in [2.24, 2.45) is 139 Å². The van der Waals surface area contributed by atoms with E-state index in [0.717, 1.165) is 139 Å². The number of rotatable bonds is 7. The number of ketones is 7. The second kappa shape index (κ2) is 25.8. The molecule has 630 valence electrons. The molecule has 17 rings (SSSR count). The van der Waals surface area contributed by atoms with E-state index >= 15 is 0 Å². The zero-order valence-corrected chi connectivity index (χ0v) is 76.0. The molecule has 2 aliphatic heterocycles. The quantitative estimate of drug-likeness (QED) is 0.242. The van der Waals surface area contributed by atoms with Gasteiger partial charge in [0.2, 0.25) is 17.1 Å². The molecule has 0 aromatic carbocycles. The van der Waals surface area contributed by atoms with Crippen LogP contribution in [-0.2, 0) is 43.0 Å². The van der Waals surface area contributed by atoms with Crippen molar-refractivity contribution >= 4 is 40.5 Å². The summed E-state index contributed by atoms with van der Waals surface area (Å²) in [7, 11) is 0. The van der Waals surface area contributed by atoms with E-state index < -0.39 is 71.5 Å². The van der Waals surface area contributed by atoms with Gasteiger partial charge < -0.3 is 29.0 Å². The smallest absolute Gasteiger partial charge is 0.226 e. The summed E-state index contributed by atoms with van der Waals surface area (Å²) < 4.78 is 14.8. The summed E-state index contributed by atoms with van der Waals surface area (Å²) in [6.45, 7) is 78.5. The van der Waals surface area contributed by atoms with Gasteiger partial charge >= 0.3 is 0 Å². The van der Waals surface area contributed by atoms with E-state index in [1.807, 2.05) is 78.8 Å². The predicted octanol–water partition coefficient (Wildman–Crippen LogP) is 23.1. The zero-order valence-electron chi connectivity index (χ0n) is 76.0. The third-order valence-corrected chi connectivity index (χ3v) is 40.5. The van der Waals surface area contributed by atoms with Crippen LogP contribution in [0.4, 0.5) is 0 Å². The number of hydrogen-bond donors (Lipinski definition) is 1. The lowest BCUT2D eigenvalue weighted by Gasteiger charge is -2.71. The molecular formula is C103H143N3O10. The van der Waals surface area contributed by atoms with Crippen molar-refractivity contribution in [3.05, 3.63) is 105 Å². The first-order valence-electron chi connectivity index (χ1n) is 45.9. The summed E-state index contributed by atoms with van der Waals surface area (Å²) in [5.74, 6) is 0.631. The van der Waals surface area contributed by atoms with Crippen molar-refractivity contribution < 1.29 is 48.1 Å². The largest absolute Gasteiger partial charge is 0.381 e. The molecule has 116 heavy (non-hydrogen) atoms. The van der Waals surface area contributed by atoms with E-state index in [1.165, 1.54) is 19.3 Å². The van der Waals surface area contributed by atoms with Gasteiger partial charge in [0.25, 0.3) is 0 Å². The van der Waals surface area contributed by atoms with Gasteiger partial charge in [-0.3, -0.25) is 19.2 Å². The molecule has 11 fully saturated rings. The van der Waals surface area contributed by atoms with Gasteiger partial charge in [-0.25, -0.2) is 14.5 Å². The molecule has 2 heterocycles. The van der Waals surface area contributed by atoms with Crippen LogP contribution in [0.5, 0.6) is 0 Å². The summed E-state index contributed by atoms with van der Waals surface area (Å²) in [5.41, 5.74) is -5.45. The van der Waals surface area contributed by atoms with Crippen LogP contribution in [-0.4, -0.2) is 74.6 Å². The van der Waals surface area contributed by atoms with Gasteiger partial charge in [-0.05, 0) is 222 Å². The number of hydrogen-bond acceptors (Lipinski definition) is 10. The third kappa shape index (κ3) is 10.1. The molecule has 0 aromatic heterocycles. The Balaban J connectivity index is 0.000000137. The molecule has 0 radical (unpaired) electrons. The molecule has 13 nitrogen and oxygen atoms in total. The van der Waals surface area contributed by atoms with Crippen LogP contribution < -0.4 is 0 Å². The highest BCUT2D eigenvalue weighted by Gasteiger charge is 2.85. The molecule has 2 saturated heterocycles. The summed E-state index contributed by atoms with van der Waals surface area (Å²) in [5, 5.41) is 13.0. The summed E-state index contributed by atoms with van der Waals surface area (Å²) in [4.78, 5) is 109. The average molecular weight is 1580 g/mol. The molecule has 2 unspecified atom stereocenters. The van der Waals surface area contributed by atoms with Crippen LogP contribution in [0.1, 0.15) is 340 Å². The Morgan fingerprint density at radius 1 is 0.431 bits per heavy atom. The van der Waals surface area contributed by atoms with Crippen LogP contribution >= 0.6 is 0 Å². The Hall–Kier alpha value is -5.52. The second-order valence-corrected chi connectivity index (χ2v) is 48.3. The number of nitrogens with zero attached hydrogens (tertiary/aromatic N) is 3. The first-order valence-corrected chi connectivity index (χ1v) is 45.9. The zero-order chi connectivity index (χ0) is 85.4. The molecule has 15 aliphatic carbocycles. The van der Waals surface area contributed by atoms with Gasteiger partial charge in [0.1, 0.15) is 22.6 Å². The van der Waals surface area contributed by atoms with Crippen LogP contribution in [0.15, 0.2) is 70.3 Å². The molecule has 4 bridgehead atoms. The Morgan fingerprint density at radius 2 is 0.776 bits per heavy atom. The first-order chi connectivity index (χ1) is 53.5. The fourth-order valence-corrected chi connectivity index (χ4v) is 33.6. The number of fused-ring (bicyclic) bond motifs is 15. The Labute approximate surface area is 697 Å². The molecule has 23 atom stereocenters. The molecular weight excluding hydrogens is 1440 g/mol. The number of ether oxygens (including phenoxy) is 2. The number of Topliss-reactive ketones (excluding diaryl/α,β-unsaturated/α-hetero) is 4. The molecule has 0 aromatic rings. The van der Waals surface area contributed by atoms with Crippen molar-refractivity contribution in [2.45, 2.75) is 369 Å². The lowest BCUT2D eigenvalue weighted by Crippen LogP contribution is -2.74. The van der Waals surface area contributed by atoms with E-state index in [0.29, 0.717) is 31.6 Å². The second-order valence-electron chi connectivity index (χ2n) is 48.3. The van der Waals surface area contributed by atoms with Crippen molar-refractivity contribution in [1.29, 1.82) is 0 Å². The molecule has 1 N–H and O–H groups in total. The standard InChI is InChI=1S/C35H49NO3.C34H47NO4.C34H47NO3/c1-10-11-12-27-34-17-15-29(2,3)21-25(34)35(39-27)26(37)19-24-31(6)20-22(36-9)28(38)30(4,5)23(31)13-14-32(24,7)33(35,8)16-18-34;1-10-11-25(36)33-16-14-28(2,3)20-24(33)34(39)26(37)18-23-30(6)19-21(35-9)27(38)29(4,5)22(30)12-13-31(23,7)32(34,8)15-17-33;1-20(2)27-33-15-13-28(3,4)19-24(33)34(38-27)25(36)17-23-30(7)18-21(35-10)26(37)29(5,6)22(30)11-12-31(23,8)32(34,9)14-16-33/h19-20,23,25,27H,10-18,21H2,1-8H3;18-19,22,24,39H,10-17,20H2,1-8H3;17-18,20,22,24,27H,11-16,19H2,1-9H3/t23-,25+,27?,31-,32+,33-,34-,35+;22-,24+,30-,31+,32-,33-,34+;22-,24+,27?,30-,31+,32-,33-,34+/m000/s1. The number of carbonyl (C=O) groups is 7. The number of aliphatic hydroxyl groups is 1. The molecule has 13 heteroatoms. The normalized spacial score (nSPS) is 48.4. The van der Waals surface area contributed by atoms with Crippen LogP contribution in [0, 0.1) is 159 Å². The molecule has 17 aliphatic rings. The minimum atomic E-state index is -1.64. The number of unbranched alkanes of at least 4 members (excludes halogenated alkanes) is 1. The van der Waals surface area contributed by atoms with Gasteiger partial charge in [-0.1, -0.05) is 221 Å². The van der Waals surface area contributed by atoms with E-state index in [4.69, 9.17) is 29.2 Å². The third-order valence-electron chi connectivity index (χ3n) is 40.5. The topological polar surface area (TPSA) is 171 Å². The van der Waals surface area contributed by atoms with E-state index in [-0.39, 0.29) is 148 Å². The van der Waals surface area contributed by atoms with E-state index in [2.05, 4.69) is 139 Å². The van der Waals surface area contributed by atoms with Crippen molar-refractivity contribution in [3.8, 4) is 0 Å². The lowest BCUT2D eigenvalue weighted by atomic mass is 9.32. The Morgan fingerprint density at radius 3 is 1.18 bits per heavy atom. The highest BCUT2D eigenvalue weighted by atomic mass is 16.5. The van der Waals surface area contributed by atoms with Crippen molar-refractivity contribution in [3.63, 3.8) is 0 Å². The van der Waals surface area contributed by atoms with Crippen molar-refractivity contribution in [2.75, 3.05) is 0 Å². The summed E-state index contributed by atoms with van der Waals surface area (Å²) in [6, 6.07) is 0.